The molecule has 1 aromatic carbocycles. The molecule has 0 spiro atoms. The quantitative estimate of drug-likeness (QED) is 0.853. The van der Waals surface area contributed by atoms with Gasteiger partial charge in [0.25, 0.3) is 0 Å². The second-order valence-corrected chi connectivity index (χ2v) is 4.31. The lowest BCUT2D eigenvalue weighted by Crippen LogP contribution is -2.14. The molecule has 2 aromatic rings. The normalized spacial score (nSPS) is 19.4. The van der Waals surface area contributed by atoms with E-state index in [0.29, 0.717) is 6.04 Å². The highest BCUT2D eigenvalue weighted by molar-refractivity contribution is 5.60. The van der Waals surface area contributed by atoms with Crippen LogP contribution in [0, 0.1) is 0 Å². The van der Waals surface area contributed by atoms with Gasteiger partial charge in [0.1, 0.15) is 0 Å². The van der Waals surface area contributed by atoms with Gasteiger partial charge in [-0.05, 0) is 31.0 Å². The van der Waals surface area contributed by atoms with Gasteiger partial charge in [-0.25, -0.2) is 9.97 Å². The summed E-state index contributed by atoms with van der Waals surface area (Å²) in [7, 11) is 0. The van der Waals surface area contributed by atoms with Crippen molar-refractivity contribution in [3.63, 3.8) is 0 Å². The zero-order chi connectivity index (χ0) is 11.5. The smallest absolute Gasteiger partial charge is 0.159 e. The van der Waals surface area contributed by atoms with Crippen molar-refractivity contribution in [2.75, 3.05) is 6.54 Å². The van der Waals surface area contributed by atoms with Crippen LogP contribution in [0.2, 0.25) is 0 Å². The van der Waals surface area contributed by atoms with Crippen molar-refractivity contribution in [1.82, 2.24) is 15.3 Å². The maximum absolute atomic E-state index is 4.34. The van der Waals surface area contributed by atoms with E-state index in [4.69, 9.17) is 0 Å². The Labute approximate surface area is 101 Å². The van der Waals surface area contributed by atoms with E-state index in [1.807, 2.05) is 12.1 Å². The molecule has 0 bridgehead atoms. The maximum Gasteiger partial charge on any atom is 0.159 e. The number of hydrogen-bond acceptors (Lipinski definition) is 3. The lowest BCUT2D eigenvalue weighted by molar-refractivity contribution is 0.648. The van der Waals surface area contributed by atoms with E-state index in [9.17, 15) is 0 Å². The second kappa shape index (κ2) is 4.63. The van der Waals surface area contributed by atoms with Crippen molar-refractivity contribution in [2.45, 2.75) is 18.9 Å². The van der Waals surface area contributed by atoms with E-state index >= 15 is 0 Å². The third-order valence-corrected chi connectivity index (χ3v) is 3.20. The molecule has 0 aliphatic carbocycles. The van der Waals surface area contributed by atoms with Crippen LogP contribution in [-0.4, -0.2) is 16.5 Å². The lowest BCUT2D eigenvalue weighted by Gasteiger charge is -2.14. The zero-order valence-electron chi connectivity index (χ0n) is 9.63. The maximum atomic E-state index is 4.34. The molecule has 17 heavy (non-hydrogen) atoms. The van der Waals surface area contributed by atoms with Gasteiger partial charge in [0.05, 0.1) is 0 Å². The molecule has 1 aromatic heterocycles. The molecule has 1 fully saturated rings. The van der Waals surface area contributed by atoms with E-state index in [0.717, 1.165) is 17.9 Å². The van der Waals surface area contributed by atoms with Crippen LogP contribution in [0.4, 0.5) is 0 Å². The minimum absolute atomic E-state index is 0.454. The SMILES string of the molecule is c1cnc(-c2ccccc2C2CCCN2)nc1. The van der Waals surface area contributed by atoms with Gasteiger partial charge in [-0.3, -0.25) is 0 Å². The fourth-order valence-corrected chi connectivity index (χ4v) is 2.39. The van der Waals surface area contributed by atoms with Gasteiger partial charge >= 0.3 is 0 Å². The molecule has 3 rings (SSSR count). The van der Waals surface area contributed by atoms with Gasteiger partial charge in [-0.15, -0.1) is 0 Å². The molecule has 0 saturated carbocycles. The molecule has 0 amide bonds. The summed E-state index contributed by atoms with van der Waals surface area (Å²) in [5.41, 5.74) is 2.46. The Bertz CT molecular complexity index is 490. The molecule has 86 valence electrons. The summed E-state index contributed by atoms with van der Waals surface area (Å²) < 4.78 is 0. The molecular formula is C14H15N3. The highest BCUT2D eigenvalue weighted by atomic mass is 14.9. The van der Waals surface area contributed by atoms with Crippen LogP contribution < -0.4 is 5.32 Å². The molecule has 1 unspecified atom stereocenters. The summed E-state index contributed by atoms with van der Waals surface area (Å²) in [4.78, 5) is 8.68. The predicted octanol–water partition coefficient (Wildman–Crippen LogP) is 2.57. The first-order valence-corrected chi connectivity index (χ1v) is 6.05. The zero-order valence-corrected chi connectivity index (χ0v) is 9.63. The Morgan fingerprint density at radius 2 is 1.88 bits per heavy atom. The monoisotopic (exact) mass is 225 g/mol. The molecule has 3 heteroatoms. The average Bonchev–Trinajstić information content (AvgIpc) is 2.94. The van der Waals surface area contributed by atoms with Crippen molar-refractivity contribution in [1.29, 1.82) is 0 Å². The van der Waals surface area contributed by atoms with Crippen molar-refractivity contribution in [3.05, 3.63) is 48.3 Å². The number of nitrogens with one attached hydrogen (secondary N) is 1. The first-order valence-electron chi connectivity index (χ1n) is 6.05. The van der Waals surface area contributed by atoms with Crippen molar-refractivity contribution < 1.29 is 0 Å². The summed E-state index contributed by atoms with van der Waals surface area (Å²) in [6.07, 6.45) is 6.03. The number of aromatic nitrogens is 2. The third kappa shape index (κ3) is 2.06. The number of rotatable bonds is 2. The van der Waals surface area contributed by atoms with Crippen molar-refractivity contribution in [2.24, 2.45) is 0 Å². The van der Waals surface area contributed by atoms with Gasteiger partial charge < -0.3 is 5.32 Å². The van der Waals surface area contributed by atoms with Gasteiger partial charge in [0, 0.05) is 24.0 Å². The fourth-order valence-electron chi connectivity index (χ4n) is 2.39. The third-order valence-electron chi connectivity index (χ3n) is 3.20. The summed E-state index contributed by atoms with van der Waals surface area (Å²) in [6.45, 7) is 1.11. The number of benzene rings is 1. The number of nitrogens with zero attached hydrogens (tertiary/aromatic N) is 2. The highest BCUT2D eigenvalue weighted by Crippen LogP contribution is 2.30. The fraction of sp³-hybridized carbons (Fsp3) is 0.286. The van der Waals surface area contributed by atoms with Gasteiger partial charge in [-0.2, -0.15) is 0 Å². The molecule has 1 saturated heterocycles. The minimum atomic E-state index is 0.454. The topological polar surface area (TPSA) is 37.8 Å². The van der Waals surface area contributed by atoms with Crippen LogP contribution in [0.3, 0.4) is 0 Å². The summed E-state index contributed by atoms with van der Waals surface area (Å²) in [5, 5.41) is 3.53. The van der Waals surface area contributed by atoms with E-state index in [1.165, 1.54) is 18.4 Å². The number of hydrogen-bond donors (Lipinski definition) is 1. The van der Waals surface area contributed by atoms with Crippen LogP contribution in [-0.2, 0) is 0 Å². The van der Waals surface area contributed by atoms with E-state index < -0.39 is 0 Å². The molecule has 1 aliphatic heterocycles. The Kier molecular flexibility index (Phi) is 2.84. The van der Waals surface area contributed by atoms with Crippen LogP contribution in [0.15, 0.2) is 42.7 Å². The Morgan fingerprint density at radius 3 is 2.65 bits per heavy atom. The highest BCUT2D eigenvalue weighted by Gasteiger charge is 2.19. The van der Waals surface area contributed by atoms with Gasteiger partial charge in [-0.1, -0.05) is 24.3 Å². The van der Waals surface area contributed by atoms with E-state index in [2.05, 4.69) is 33.5 Å². The Balaban J connectivity index is 2.04. The van der Waals surface area contributed by atoms with Crippen LogP contribution in [0.1, 0.15) is 24.4 Å². The minimum Gasteiger partial charge on any atom is -0.310 e. The Morgan fingerprint density at radius 1 is 1.06 bits per heavy atom. The lowest BCUT2D eigenvalue weighted by atomic mass is 9.98. The molecule has 0 radical (unpaired) electrons. The molecule has 2 heterocycles. The van der Waals surface area contributed by atoms with E-state index in [1.54, 1.807) is 12.4 Å². The van der Waals surface area contributed by atoms with Crippen molar-refractivity contribution >= 4 is 0 Å². The largest absolute Gasteiger partial charge is 0.310 e. The van der Waals surface area contributed by atoms with Crippen LogP contribution in [0.5, 0.6) is 0 Å². The molecule has 3 nitrogen and oxygen atoms in total. The standard InChI is InChI=1S/C14H15N3/c1-2-6-12(14-16-9-4-10-17-14)11(5-1)13-7-3-8-15-13/h1-2,4-6,9-10,13,15H,3,7-8H2. The van der Waals surface area contributed by atoms with Crippen LogP contribution in [0.25, 0.3) is 11.4 Å². The van der Waals surface area contributed by atoms with E-state index in [-0.39, 0.29) is 0 Å². The molecule has 1 aliphatic rings. The van der Waals surface area contributed by atoms with Gasteiger partial charge in [0.2, 0.25) is 0 Å². The Hall–Kier alpha value is -1.74. The average molecular weight is 225 g/mol. The summed E-state index contributed by atoms with van der Waals surface area (Å²) >= 11 is 0. The summed E-state index contributed by atoms with van der Waals surface area (Å²) in [5.74, 6) is 0.816. The molecule has 1 atom stereocenters. The predicted molar refractivity (Wildman–Crippen MR) is 67.4 cm³/mol. The first kappa shape index (κ1) is 10.4. The van der Waals surface area contributed by atoms with Gasteiger partial charge in [0.15, 0.2) is 5.82 Å². The molecular weight excluding hydrogens is 210 g/mol. The molecule has 1 N–H and O–H groups in total. The van der Waals surface area contributed by atoms with Crippen LogP contribution >= 0.6 is 0 Å². The summed E-state index contributed by atoms with van der Waals surface area (Å²) in [6, 6.07) is 10.7. The van der Waals surface area contributed by atoms with Crippen molar-refractivity contribution in [3.8, 4) is 11.4 Å². The first-order chi connectivity index (χ1) is 8.45. The second-order valence-electron chi connectivity index (χ2n) is 4.31.